The highest BCUT2D eigenvalue weighted by Gasteiger charge is 2.39. The second-order valence-electron chi connectivity index (χ2n) is 8.02. The largest absolute Gasteiger partial charge is 0.369 e. The van der Waals surface area contributed by atoms with Gasteiger partial charge in [-0.2, -0.15) is 15.1 Å². The van der Waals surface area contributed by atoms with E-state index in [-0.39, 0.29) is 23.3 Å². The van der Waals surface area contributed by atoms with Crippen LogP contribution in [0.25, 0.3) is 11.2 Å². The van der Waals surface area contributed by atoms with Crippen molar-refractivity contribution in [2.75, 3.05) is 29.0 Å². The number of nitrogens with one attached hydrogen (secondary N) is 1. The maximum atomic E-state index is 13.5. The molecule has 5 heterocycles. The molecule has 4 aromatic rings. The first-order chi connectivity index (χ1) is 16.0. The lowest BCUT2D eigenvalue weighted by molar-refractivity contribution is 0.0983. The van der Waals surface area contributed by atoms with Gasteiger partial charge in [0.15, 0.2) is 11.6 Å². The molecule has 0 amide bonds. The lowest BCUT2D eigenvalue weighted by Crippen LogP contribution is -2.46. The number of carbonyl (C=O) groups excluding carboxylic acids is 1. The Morgan fingerprint density at radius 3 is 2.70 bits per heavy atom. The SMILES string of the molecule is Nc1nc2c(c(N3CC[C@H]3c3nn4ccc(Cl)c4c(=O)n3-c3ccccc3)n1)C(=O)CCN2. The Balaban J connectivity index is 1.55. The summed E-state index contributed by atoms with van der Waals surface area (Å²) < 4.78 is 3.08. The number of nitrogen functional groups attached to an aromatic ring is 1. The van der Waals surface area contributed by atoms with Gasteiger partial charge in [0.05, 0.1) is 16.8 Å². The van der Waals surface area contributed by atoms with Crippen LogP contribution in [0.3, 0.4) is 0 Å². The first kappa shape index (κ1) is 19.7. The van der Waals surface area contributed by atoms with E-state index in [0.29, 0.717) is 58.8 Å². The average Bonchev–Trinajstić information content (AvgIpc) is 3.14. The molecule has 0 saturated carbocycles. The number of anilines is 3. The lowest BCUT2D eigenvalue weighted by atomic mass is 9.98. The third-order valence-electron chi connectivity index (χ3n) is 6.10. The standard InChI is InChI=1S/C22H19ClN8O2/c23-13-7-11-30-17(13)21(33)31(12-4-2-1-3-5-12)19(28-30)14-8-10-29(14)20-16-15(32)6-9-25-18(16)26-22(24)27-20/h1-5,7,11,14H,6,8-10H2,(H3,24,25,26,27)/t14-/m0/s1. The zero-order valence-corrected chi connectivity index (χ0v) is 18.2. The van der Waals surface area contributed by atoms with E-state index < -0.39 is 0 Å². The maximum Gasteiger partial charge on any atom is 0.284 e. The number of fused-ring (bicyclic) bond motifs is 2. The number of nitrogens with two attached hydrogens (primary N) is 1. The van der Waals surface area contributed by atoms with Gasteiger partial charge in [-0.1, -0.05) is 29.8 Å². The molecule has 0 spiro atoms. The Kier molecular flexibility index (Phi) is 4.37. The minimum absolute atomic E-state index is 0.0366. The van der Waals surface area contributed by atoms with Crippen molar-refractivity contribution in [3.63, 3.8) is 0 Å². The summed E-state index contributed by atoms with van der Waals surface area (Å²) in [7, 11) is 0. The van der Waals surface area contributed by atoms with Crippen molar-refractivity contribution in [1.82, 2.24) is 24.1 Å². The molecule has 1 saturated heterocycles. The van der Waals surface area contributed by atoms with Crippen molar-refractivity contribution >= 4 is 40.5 Å². The monoisotopic (exact) mass is 462 g/mol. The Labute approximate surface area is 192 Å². The molecule has 0 aliphatic carbocycles. The van der Waals surface area contributed by atoms with Crippen LogP contribution in [0.15, 0.2) is 47.4 Å². The highest BCUT2D eigenvalue weighted by Crippen LogP contribution is 2.40. The molecule has 3 N–H and O–H groups in total. The topological polar surface area (TPSA) is 123 Å². The van der Waals surface area contributed by atoms with Crippen molar-refractivity contribution in [2.24, 2.45) is 0 Å². The van der Waals surface area contributed by atoms with Crippen LogP contribution in [0.5, 0.6) is 0 Å². The highest BCUT2D eigenvalue weighted by molar-refractivity contribution is 6.33. The molecule has 10 nitrogen and oxygen atoms in total. The number of hydrogen-bond acceptors (Lipinski definition) is 8. The summed E-state index contributed by atoms with van der Waals surface area (Å²) in [4.78, 5) is 36.9. The van der Waals surface area contributed by atoms with Gasteiger partial charge < -0.3 is 16.0 Å². The quantitative estimate of drug-likeness (QED) is 0.476. The predicted molar refractivity (Wildman–Crippen MR) is 124 cm³/mol. The van der Waals surface area contributed by atoms with Gasteiger partial charge in [0.2, 0.25) is 5.95 Å². The van der Waals surface area contributed by atoms with Gasteiger partial charge in [0.25, 0.3) is 5.56 Å². The van der Waals surface area contributed by atoms with Crippen LogP contribution in [0.1, 0.15) is 35.1 Å². The van der Waals surface area contributed by atoms with Crippen molar-refractivity contribution < 1.29 is 4.79 Å². The number of hydrogen-bond donors (Lipinski definition) is 2. The summed E-state index contributed by atoms with van der Waals surface area (Å²) in [6, 6.07) is 10.7. The fourth-order valence-electron chi connectivity index (χ4n) is 4.48. The number of carbonyl (C=O) groups is 1. The van der Waals surface area contributed by atoms with Gasteiger partial charge in [-0.15, -0.1) is 0 Å². The summed E-state index contributed by atoms with van der Waals surface area (Å²) in [6.07, 6.45) is 2.74. The van der Waals surface area contributed by atoms with E-state index in [1.165, 1.54) is 4.52 Å². The van der Waals surface area contributed by atoms with E-state index in [4.69, 9.17) is 22.4 Å². The van der Waals surface area contributed by atoms with E-state index in [1.807, 2.05) is 35.2 Å². The fraction of sp³-hybridized carbons (Fsp3) is 0.227. The van der Waals surface area contributed by atoms with Crippen LogP contribution in [-0.2, 0) is 0 Å². The number of nitrogens with zero attached hydrogens (tertiary/aromatic N) is 6. The smallest absolute Gasteiger partial charge is 0.284 e. The molecule has 0 radical (unpaired) electrons. The number of aromatic nitrogens is 5. The first-order valence-electron chi connectivity index (χ1n) is 10.6. The van der Waals surface area contributed by atoms with E-state index in [1.54, 1.807) is 16.8 Å². The number of para-hydroxylation sites is 1. The molecule has 2 aliphatic heterocycles. The van der Waals surface area contributed by atoms with E-state index in [2.05, 4.69) is 15.3 Å². The Morgan fingerprint density at radius 1 is 1.12 bits per heavy atom. The number of rotatable bonds is 3. The zero-order chi connectivity index (χ0) is 22.7. The Bertz CT molecular complexity index is 1480. The minimum Gasteiger partial charge on any atom is -0.369 e. The second kappa shape index (κ2) is 7.31. The van der Waals surface area contributed by atoms with E-state index >= 15 is 0 Å². The number of ketones is 1. The van der Waals surface area contributed by atoms with E-state index in [9.17, 15) is 9.59 Å². The van der Waals surface area contributed by atoms with Crippen LogP contribution >= 0.6 is 11.6 Å². The molecule has 1 atom stereocenters. The number of halogens is 1. The molecule has 1 fully saturated rings. The van der Waals surface area contributed by atoms with Crippen LogP contribution in [0.4, 0.5) is 17.6 Å². The molecule has 3 aromatic heterocycles. The highest BCUT2D eigenvalue weighted by atomic mass is 35.5. The van der Waals surface area contributed by atoms with Gasteiger partial charge in [0.1, 0.15) is 22.7 Å². The summed E-state index contributed by atoms with van der Waals surface area (Å²) in [6.45, 7) is 1.14. The average molecular weight is 463 g/mol. The van der Waals surface area contributed by atoms with Crippen molar-refractivity contribution in [3.05, 3.63) is 69.4 Å². The number of Topliss-reactive ketones (excluding diaryl/α,β-unsaturated/α-hetero) is 1. The first-order valence-corrected chi connectivity index (χ1v) is 11.0. The van der Waals surface area contributed by atoms with Crippen molar-refractivity contribution in [2.45, 2.75) is 18.9 Å². The van der Waals surface area contributed by atoms with Gasteiger partial charge in [0, 0.05) is 25.7 Å². The third-order valence-corrected chi connectivity index (χ3v) is 6.40. The summed E-state index contributed by atoms with van der Waals surface area (Å²) in [5.74, 6) is 1.48. The molecule has 0 unspecified atom stereocenters. The molecule has 33 heavy (non-hydrogen) atoms. The van der Waals surface area contributed by atoms with Crippen molar-refractivity contribution in [3.8, 4) is 5.69 Å². The van der Waals surface area contributed by atoms with Crippen LogP contribution in [-0.4, -0.2) is 43.0 Å². The Morgan fingerprint density at radius 2 is 1.94 bits per heavy atom. The Hall–Kier alpha value is -3.92. The predicted octanol–water partition coefficient (Wildman–Crippen LogP) is 2.46. The van der Waals surface area contributed by atoms with Gasteiger partial charge >= 0.3 is 0 Å². The molecular weight excluding hydrogens is 444 g/mol. The molecule has 6 rings (SSSR count). The third kappa shape index (κ3) is 2.98. The molecule has 166 valence electrons. The van der Waals surface area contributed by atoms with E-state index in [0.717, 1.165) is 6.42 Å². The normalized spacial score (nSPS) is 17.5. The van der Waals surface area contributed by atoms with Crippen LogP contribution in [0, 0.1) is 0 Å². The maximum absolute atomic E-state index is 13.5. The molecule has 11 heteroatoms. The second-order valence-corrected chi connectivity index (χ2v) is 8.43. The van der Waals surface area contributed by atoms with Gasteiger partial charge in [-0.3, -0.25) is 14.2 Å². The molecule has 0 bridgehead atoms. The summed E-state index contributed by atoms with van der Waals surface area (Å²) in [5.41, 5.74) is 7.11. The summed E-state index contributed by atoms with van der Waals surface area (Å²) >= 11 is 6.29. The van der Waals surface area contributed by atoms with Crippen LogP contribution in [0.2, 0.25) is 5.02 Å². The number of benzene rings is 1. The molecule has 1 aromatic carbocycles. The lowest BCUT2D eigenvalue weighted by Gasteiger charge is -2.43. The zero-order valence-electron chi connectivity index (χ0n) is 17.4. The molecular formula is C22H19ClN8O2. The van der Waals surface area contributed by atoms with Crippen molar-refractivity contribution in [1.29, 1.82) is 0 Å². The molecule has 2 aliphatic rings. The van der Waals surface area contributed by atoms with Crippen LogP contribution < -0.4 is 21.5 Å². The summed E-state index contributed by atoms with van der Waals surface area (Å²) in [5, 5.41) is 8.24. The minimum atomic E-state index is -0.295. The van der Waals surface area contributed by atoms with Gasteiger partial charge in [-0.05, 0) is 24.6 Å². The fourth-order valence-corrected chi connectivity index (χ4v) is 4.70. The van der Waals surface area contributed by atoms with Gasteiger partial charge in [-0.25, -0.2) is 4.52 Å².